The van der Waals surface area contributed by atoms with Crippen LogP contribution in [0.25, 0.3) is 0 Å². The van der Waals surface area contributed by atoms with Crippen molar-refractivity contribution in [3.63, 3.8) is 0 Å². The topological polar surface area (TPSA) is 89.3 Å². The lowest BCUT2D eigenvalue weighted by Gasteiger charge is -2.26. The lowest BCUT2D eigenvalue weighted by molar-refractivity contribution is 0.0932. The van der Waals surface area contributed by atoms with E-state index < -0.39 is 10.0 Å². The van der Waals surface area contributed by atoms with E-state index in [1.807, 2.05) is 18.2 Å². The molecule has 2 aromatic rings. The number of hydrogen-bond acceptors (Lipinski definition) is 3. The van der Waals surface area contributed by atoms with Crippen molar-refractivity contribution in [3.05, 3.63) is 65.2 Å². The van der Waals surface area contributed by atoms with Gasteiger partial charge in [-0.25, -0.2) is 13.6 Å². The van der Waals surface area contributed by atoms with Crippen LogP contribution in [0.3, 0.4) is 0 Å². The Labute approximate surface area is 135 Å². The van der Waals surface area contributed by atoms with Crippen LogP contribution in [0.1, 0.15) is 40.4 Å². The van der Waals surface area contributed by atoms with Crippen molar-refractivity contribution in [3.8, 4) is 0 Å². The Bertz CT molecular complexity index is 829. The highest BCUT2D eigenvalue weighted by Gasteiger charge is 2.22. The zero-order chi connectivity index (χ0) is 16.4. The fourth-order valence-electron chi connectivity index (χ4n) is 2.94. The molecule has 0 spiro atoms. The molecule has 3 N–H and O–H groups in total. The summed E-state index contributed by atoms with van der Waals surface area (Å²) in [5.74, 6) is -0.215. The molecule has 23 heavy (non-hydrogen) atoms. The highest BCUT2D eigenvalue weighted by molar-refractivity contribution is 7.89. The van der Waals surface area contributed by atoms with E-state index in [-0.39, 0.29) is 16.8 Å². The van der Waals surface area contributed by atoms with Crippen LogP contribution in [0.5, 0.6) is 0 Å². The molecular formula is C17H18N2O3S. The quantitative estimate of drug-likeness (QED) is 0.903. The molecule has 0 heterocycles. The Morgan fingerprint density at radius 2 is 1.78 bits per heavy atom. The van der Waals surface area contributed by atoms with Gasteiger partial charge in [0.2, 0.25) is 10.0 Å². The maximum Gasteiger partial charge on any atom is 0.251 e. The van der Waals surface area contributed by atoms with E-state index in [9.17, 15) is 13.2 Å². The summed E-state index contributed by atoms with van der Waals surface area (Å²) in [7, 11) is -3.74. The summed E-state index contributed by atoms with van der Waals surface area (Å²) >= 11 is 0. The number of carbonyl (C=O) groups is 1. The molecule has 0 fully saturated rings. The Morgan fingerprint density at radius 1 is 1.09 bits per heavy atom. The minimum absolute atomic E-state index is 0.00272. The van der Waals surface area contributed by atoms with Crippen molar-refractivity contribution in [2.24, 2.45) is 5.14 Å². The lowest BCUT2D eigenvalue weighted by Crippen LogP contribution is -2.31. The summed E-state index contributed by atoms with van der Waals surface area (Å²) in [4.78, 5) is 12.4. The Morgan fingerprint density at radius 3 is 2.48 bits per heavy atom. The zero-order valence-corrected chi connectivity index (χ0v) is 13.3. The van der Waals surface area contributed by atoms with E-state index >= 15 is 0 Å². The van der Waals surface area contributed by atoms with Crippen molar-refractivity contribution in [2.75, 3.05) is 0 Å². The molecule has 120 valence electrons. The first-order valence-electron chi connectivity index (χ1n) is 7.47. The number of sulfonamides is 1. The Kier molecular flexibility index (Phi) is 4.19. The van der Waals surface area contributed by atoms with Gasteiger partial charge in [0.1, 0.15) is 0 Å². The molecule has 1 atom stereocenters. The largest absolute Gasteiger partial charge is 0.345 e. The summed E-state index contributed by atoms with van der Waals surface area (Å²) in [6, 6.07) is 13.8. The van der Waals surface area contributed by atoms with Gasteiger partial charge in [-0.1, -0.05) is 24.3 Å². The zero-order valence-electron chi connectivity index (χ0n) is 12.5. The molecular weight excluding hydrogens is 312 g/mol. The molecule has 6 heteroatoms. The van der Waals surface area contributed by atoms with Gasteiger partial charge in [0, 0.05) is 5.56 Å². The number of amides is 1. The smallest absolute Gasteiger partial charge is 0.251 e. The second kappa shape index (κ2) is 6.14. The van der Waals surface area contributed by atoms with E-state index in [1.54, 1.807) is 0 Å². The molecule has 5 nitrogen and oxygen atoms in total. The minimum Gasteiger partial charge on any atom is -0.345 e. The summed E-state index contributed by atoms with van der Waals surface area (Å²) in [6.07, 6.45) is 2.97. The van der Waals surface area contributed by atoms with Gasteiger partial charge in [0.25, 0.3) is 5.91 Å². The van der Waals surface area contributed by atoms with Crippen molar-refractivity contribution in [1.82, 2.24) is 5.32 Å². The van der Waals surface area contributed by atoms with E-state index in [0.29, 0.717) is 5.56 Å². The van der Waals surface area contributed by atoms with Gasteiger partial charge >= 0.3 is 0 Å². The van der Waals surface area contributed by atoms with Crippen molar-refractivity contribution >= 4 is 15.9 Å². The van der Waals surface area contributed by atoms with Crippen LogP contribution in [-0.2, 0) is 16.4 Å². The second-order valence-electron chi connectivity index (χ2n) is 5.69. The van der Waals surface area contributed by atoms with Crippen molar-refractivity contribution < 1.29 is 13.2 Å². The third-order valence-electron chi connectivity index (χ3n) is 4.12. The minimum atomic E-state index is -3.74. The summed E-state index contributed by atoms with van der Waals surface area (Å²) in [5, 5.41) is 8.09. The van der Waals surface area contributed by atoms with E-state index in [0.717, 1.165) is 24.8 Å². The Balaban J connectivity index is 1.78. The molecule has 2 aromatic carbocycles. The SMILES string of the molecule is NS(=O)(=O)c1ccc(C(=O)NC2CCCc3ccccc32)cc1. The number of nitrogens with two attached hydrogens (primary N) is 1. The number of aryl methyl sites for hydroxylation is 1. The number of carbonyl (C=O) groups excluding carboxylic acids is 1. The first-order chi connectivity index (χ1) is 10.9. The van der Waals surface area contributed by atoms with E-state index in [4.69, 9.17) is 5.14 Å². The van der Waals surface area contributed by atoms with Crippen LogP contribution >= 0.6 is 0 Å². The molecule has 1 amide bonds. The third kappa shape index (κ3) is 3.43. The van der Waals surface area contributed by atoms with Gasteiger partial charge in [-0.3, -0.25) is 4.79 Å². The maximum atomic E-state index is 12.4. The highest BCUT2D eigenvalue weighted by atomic mass is 32.2. The van der Waals surface area contributed by atoms with Crippen LogP contribution in [0.4, 0.5) is 0 Å². The average Bonchev–Trinajstić information content (AvgIpc) is 2.54. The van der Waals surface area contributed by atoms with Gasteiger partial charge < -0.3 is 5.32 Å². The van der Waals surface area contributed by atoms with Crippen LogP contribution in [0.15, 0.2) is 53.4 Å². The summed E-state index contributed by atoms with van der Waals surface area (Å²) in [6.45, 7) is 0. The second-order valence-corrected chi connectivity index (χ2v) is 7.25. The number of benzene rings is 2. The van der Waals surface area contributed by atoms with Gasteiger partial charge in [-0.15, -0.1) is 0 Å². The molecule has 0 saturated heterocycles. The fraction of sp³-hybridized carbons (Fsp3) is 0.235. The number of hydrogen-bond donors (Lipinski definition) is 2. The monoisotopic (exact) mass is 330 g/mol. The number of primary sulfonamides is 1. The molecule has 3 rings (SSSR count). The molecule has 0 bridgehead atoms. The average molecular weight is 330 g/mol. The molecule has 1 unspecified atom stereocenters. The predicted molar refractivity (Wildman–Crippen MR) is 87.4 cm³/mol. The van der Waals surface area contributed by atoms with Crippen molar-refractivity contribution in [1.29, 1.82) is 0 Å². The fourth-order valence-corrected chi connectivity index (χ4v) is 3.46. The highest BCUT2D eigenvalue weighted by Crippen LogP contribution is 2.29. The normalized spacial score (nSPS) is 17.3. The number of nitrogens with one attached hydrogen (secondary N) is 1. The van der Waals surface area contributed by atoms with Gasteiger partial charge in [0.05, 0.1) is 10.9 Å². The number of rotatable bonds is 3. The summed E-state index contributed by atoms with van der Waals surface area (Å²) in [5.41, 5.74) is 2.85. The summed E-state index contributed by atoms with van der Waals surface area (Å²) < 4.78 is 22.5. The molecule has 0 aliphatic heterocycles. The van der Waals surface area contributed by atoms with E-state index in [2.05, 4.69) is 11.4 Å². The van der Waals surface area contributed by atoms with Gasteiger partial charge in [-0.2, -0.15) is 0 Å². The number of fused-ring (bicyclic) bond motifs is 1. The van der Waals surface area contributed by atoms with Crippen molar-refractivity contribution in [2.45, 2.75) is 30.2 Å². The van der Waals surface area contributed by atoms with Gasteiger partial charge in [-0.05, 0) is 54.7 Å². The molecule has 0 aromatic heterocycles. The van der Waals surface area contributed by atoms with Crippen LogP contribution in [0, 0.1) is 0 Å². The van der Waals surface area contributed by atoms with E-state index in [1.165, 1.54) is 29.8 Å². The third-order valence-corrected chi connectivity index (χ3v) is 5.05. The standard InChI is InChI=1S/C17H18N2O3S/c18-23(21,22)14-10-8-13(9-11-14)17(20)19-16-7-3-5-12-4-1-2-6-15(12)16/h1-2,4,6,8-11,16H,3,5,7H2,(H,19,20)(H2,18,21,22). The molecule has 0 radical (unpaired) electrons. The molecule has 1 aliphatic carbocycles. The van der Waals surface area contributed by atoms with Crippen LogP contribution in [-0.4, -0.2) is 14.3 Å². The van der Waals surface area contributed by atoms with Crippen LogP contribution < -0.4 is 10.5 Å². The predicted octanol–water partition coefficient (Wildman–Crippen LogP) is 2.14. The molecule has 0 saturated carbocycles. The Hall–Kier alpha value is -2.18. The lowest BCUT2D eigenvalue weighted by atomic mass is 9.87. The first-order valence-corrected chi connectivity index (χ1v) is 9.01. The maximum absolute atomic E-state index is 12.4. The van der Waals surface area contributed by atoms with Gasteiger partial charge in [0.15, 0.2) is 0 Å². The van der Waals surface area contributed by atoms with Crippen LogP contribution in [0.2, 0.25) is 0 Å². The first kappa shape index (κ1) is 15.7. The molecule has 1 aliphatic rings.